The maximum atomic E-state index is 11.7. The van der Waals surface area contributed by atoms with E-state index in [4.69, 9.17) is 27.9 Å². The van der Waals surface area contributed by atoms with E-state index in [-0.39, 0.29) is 19.6 Å². The first-order valence-electron chi connectivity index (χ1n) is 7.05. The SMILES string of the molecule is O=C(COC(=O)Cc1ccc(Br)cc1)NCc1ccc(Cl)cc1Cl. The van der Waals surface area contributed by atoms with E-state index in [0.717, 1.165) is 15.6 Å². The second-order valence-corrected chi connectivity index (χ2v) is 6.74. The van der Waals surface area contributed by atoms with Crippen LogP contribution in [0.5, 0.6) is 0 Å². The average Bonchev–Trinajstić information content (AvgIpc) is 2.54. The van der Waals surface area contributed by atoms with Crippen molar-refractivity contribution in [1.82, 2.24) is 5.32 Å². The molecule has 1 amide bonds. The molecule has 0 aliphatic heterocycles. The number of hydrogen-bond acceptors (Lipinski definition) is 3. The summed E-state index contributed by atoms with van der Waals surface area (Å²) in [6.45, 7) is -0.0976. The summed E-state index contributed by atoms with van der Waals surface area (Å²) in [4.78, 5) is 23.5. The molecule has 2 aromatic carbocycles. The number of nitrogens with one attached hydrogen (secondary N) is 1. The molecular formula is C17H14BrCl2NO3. The molecule has 2 aromatic rings. The Hall–Kier alpha value is -1.56. The lowest BCUT2D eigenvalue weighted by Crippen LogP contribution is -2.28. The van der Waals surface area contributed by atoms with Crippen LogP contribution in [0.2, 0.25) is 10.0 Å². The Bertz CT molecular complexity index is 735. The predicted molar refractivity (Wildman–Crippen MR) is 97.1 cm³/mol. The molecule has 0 aliphatic rings. The van der Waals surface area contributed by atoms with Crippen molar-refractivity contribution in [2.24, 2.45) is 0 Å². The van der Waals surface area contributed by atoms with Crippen LogP contribution in [0.25, 0.3) is 0 Å². The maximum Gasteiger partial charge on any atom is 0.310 e. The molecule has 0 heterocycles. The summed E-state index contributed by atoms with van der Waals surface area (Å²) in [5.74, 6) is -0.859. The Morgan fingerprint density at radius 2 is 1.79 bits per heavy atom. The van der Waals surface area contributed by atoms with E-state index in [1.54, 1.807) is 18.2 Å². The standard InChI is InChI=1S/C17H14BrCl2NO3/c18-13-4-1-11(2-5-13)7-17(23)24-10-16(22)21-9-12-3-6-14(19)8-15(12)20/h1-6,8H,7,9-10H2,(H,21,22). The first kappa shape index (κ1) is 18.8. The molecule has 0 bridgehead atoms. The molecule has 0 unspecified atom stereocenters. The number of carbonyl (C=O) groups is 2. The lowest BCUT2D eigenvalue weighted by atomic mass is 10.2. The third-order valence-electron chi connectivity index (χ3n) is 3.12. The van der Waals surface area contributed by atoms with Crippen molar-refractivity contribution in [3.05, 3.63) is 68.1 Å². The minimum atomic E-state index is -0.461. The van der Waals surface area contributed by atoms with Gasteiger partial charge >= 0.3 is 5.97 Å². The first-order valence-corrected chi connectivity index (χ1v) is 8.59. The van der Waals surface area contributed by atoms with Crippen molar-refractivity contribution in [1.29, 1.82) is 0 Å². The molecule has 24 heavy (non-hydrogen) atoms. The smallest absolute Gasteiger partial charge is 0.310 e. The molecule has 0 saturated heterocycles. The first-order chi connectivity index (χ1) is 11.4. The minimum absolute atomic E-state index is 0.115. The van der Waals surface area contributed by atoms with Crippen molar-refractivity contribution in [3.8, 4) is 0 Å². The summed E-state index contributed by atoms with van der Waals surface area (Å²) in [5.41, 5.74) is 1.55. The normalized spacial score (nSPS) is 10.3. The fourth-order valence-electron chi connectivity index (χ4n) is 1.88. The molecule has 1 N–H and O–H groups in total. The van der Waals surface area contributed by atoms with Crippen LogP contribution in [-0.4, -0.2) is 18.5 Å². The van der Waals surface area contributed by atoms with Gasteiger partial charge in [0.1, 0.15) is 0 Å². The van der Waals surface area contributed by atoms with Gasteiger partial charge in [-0.05, 0) is 35.4 Å². The maximum absolute atomic E-state index is 11.7. The van der Waals surface area contributed by atoms with Gasteiger partial charge < -0.3 is 10.1 Å². The second-order valence-electron chi connectivity index (χ2n) is 4.98. The van der Waals surface area contributed by atoms with E-state index in [9.17, 15) is 9.59 Å². The van der Waals surface area contributed by atoms with Gasteiger partial charge in [0, 0.05) is 21.1 Å². The highest BCUT2D eigenvalue weighted by molar-refractivity contribution is 9.10. The lowest BCUT2D eigenvalue weighted by molar-refractivity contribution is -0.147. The lowest BCUT2D eigenvalue weighted by Gasteiger charge is -2.08. The molecule has 0 atom stereocenters. The van der Waals surface area contributed by atoms with Crippen LogP contribution in [0.4, 0.5) is 0 Å². The van der Waals surface area contributed by atoms with Gasteiger partial charge in [-0.1, -0.05) is 57.3 Å². The summed E-state index contributed by atoms with van der Waals surface area (Å²) in [6, 6.07) is 12.3. The van der Waals surface area contributed by atoms with E-state index >= 15 is 0 Å². The summed E-state index contributed by atoms with van der Waals surface area (Å²) >= 11 is 15.1. The molecule has 0 aliphatic carbocycles. The van der Waals surface area contributed by atoms with Gasteiger partial charge in [0.2, 0.25) is 0 Å². The van der Waals surface area contributed by atoms with Crippen molar-refractivity contribution in [2.45, 2.75) is 13.0 Å². The van der Waals surface area contributed by atoms with Crippen LogP contribution < -0.4 is 5.32 Å². The number of rotatable bonds is 6. The van der Waals surface area contributed by atoms with Gasteiger partial charge in [0.25, 0.3) is 5.91 Å². The zero-order valence-corrected chi connectivity index (χ0v) is 15.6. The number of halogens is 3. The van der Waals surface area contributed by atoms with Gasteiger partial charge in [-0.3, -0.25) is 9.59 Å². The Labute approximate surface area is 158 Å². The van der Waals surface area contributed by atoms with Crippen LogP contribution in [0.15, 0.2) is 46.9 Å². The number of hydrogen-bond donors (Lipinski definition) is 1. The third-order valence-corrected chi connectivity index (χ3v) is 4.23. The molecule has 126 valence electrons. The number of ether oxygens (including phenoxy) is 1. The highest BCUT2D eigenvalue weighted by Crippen LogP contribution is 2.20. The minimum Gasteiger partial charge on any atom is -0.455 e. The van der Waals surface area contributed by atoms with Crippen LogP contribution in [0, 0.1) is 0 Å². The van der Waals surface area contributed by atoms with Crippen molar-refractivity contribution >= 4 is 51.0 Å². The van der Waals surface area contributed by atoms with Gasteiger partial charge in [-0.15, -0.1) is 0 Å². The van der Waals surface area contributed by atoms with Gasteiger partial charge in [0.15, 0.2) is 6.61 Å². The predicted octanol–water partition coefficient (Wildman–Crippen LogP) is 4.16. The molecule has 0 radical (unpaired) electrons. The monoisotopic (exact) mass is 429 g/mol. The van der Waals surface area contributed by atoms with Crippen LogP contribution >= 0.6 is 39.1 Å². The van der Waals surface area contributed by atoms with E-state index in [2.05, 4.69) is 21.2 Å². The molecule has 2 rings (SSSR count). The molecular weight excluding hydrogens is 417 g/mol. The number of benzene rings is 2. The quantitative estimate of drug-likeness (QED) is 0.700. The highest BCUT2D eigenvalue weighted by Gasteiger charge is 2.09. The summed E-state index contributed by atoms with van der Waals surface area (Å²) < 4.78 is 5.89. The average molecular weight is 431 g/mol. The summed E-state index contributed by atoms with van der Waals surface area (Å²) in [7, 11) is 0. The van der Waals surface area contributed by atoms with Gasteiger partial charge in [0.05, 0.1) is 6.42 Å². The van der Waals surface area contributed by atoms with Crippen LogP contribution in [0.3, 0.4) is 0 Å². The largest absolute Gasteiger partial charge is 0.455 e. The number of carbonyl (C=O) groups excluding carboxylic acids is 2. The van der Waals surface area contributed by atoms with Crippen LogP contribution in [-0.2, 0) is 27.3 Å². The van der Waals surface area contributed by atoms with Gasteiger partial charge in [-0.2, -0.15) is 0 Å². The molecule has 0 spiro atoms. The van der Waals surface area contributed by atoms with E-state index in [0.29, 0.717) is 10.0 Å². The zero-order chi connectivity index (χ0) is 17.5. The van der Waals surface area contributed by atoms with Gasteiger partial charge in [-0.25, -0.2) is 0 Å². The van der Waals surface area contributed by atoms with Crippen LogP contribution in [0.1, 0.15) is 11.1 Å². The second kappa shape index (κ2) is 9.06. The summed E-state index contributed by atoms with van der Waals surface area (Å²) in [5, 5.41) is 3.63. The fraction of sp³-hybridized carbons (Fsp3) is 0.176. The van der Waals surface area contributed by atoms with Crippen molar-refractivity contribution in [2.75, 3.05) is 6.61 Å². The topological polar surface area (TPSA) is 55.4 Å². The Balaban J connectivity index is 1.74. The molecule has 7 heteroatoms. The number of amides is 1. The zero-order valence-electron chi connectivity index (χ0n) is 12.5. The Kier molecular flexibility index (Phi) is 7.09. The fourth-order valence-corrected chi connectivity index (χ4v) is 2.62. The Morgan fingerprint density at radius 3 is 2.46 bits per heavy atom. The van der Waals surface area contributed by atoms with E-state index < -0.39 is 11.9 Å². The van der Waals surface area contributed by atoms with Crippen molar-refractivity contribution < 1.29 is 14.3 Å². The van der Waals surface area contributed by atoms with Crippen molar-refractivity contribution in [3.63, 3.8) is 0 Å². The summed E-state index contributed by atoms with van der Waals surface area (Å²) in [6.07, 6.45) is 0.115. The number of esters is 1. The Morgan fingerprint density at radius 1 is 1.08 bits per heavy atom. The molecule has 0 aromatic heterocycles. The molecule has 0 fully saturated rings. The van der Waals surface area contributed by atoms with E-state index in [1.807, 2.05) is 24.3 Å². The molecule has 4 nitrogen and oxygen atoms in total. The van der Waals surface area contributed by atoms with E-state index in [1.165, 1.54) is 0 Å². The third kappa shape index (κ3) is 6.15. The molecule has 0 saturated carbocycles. The highest BCUT2D eigenvalue weighted by atomic mass is 79.9.